The van der Waals surface area contributed by atoms with Crippen molar-refractivity contribution in [2.24, 2.45) is 5.73 Å². The minimum absolute atomic E-state index is 0.0500. The van der Waals surface area contributed by atoms with E-state index in [-0.39, 0.29) is 16.7 Å². The average molecular weight is 319 g/mol. The molecule has 1 fully saturated rings. The van der Waals surface area contributed by atoms with Crippen molar-refractivity contribution in [1.82, 2.24) is 10.2 Å². The molecule has 0 aromatic carbocycles. The summed E-state index contributed by atoms with van der Waals surface area (Å²) >= 11 is 6.93. The number of hydrogen-bond donors (Lipinski definition) is 2. The normalized spacial score (nSPS) is 20.4. The SMILES string of the molecule is COCCNC(=O)C(C)N1CCC(SC)(C(N)=S)CC1. The van der Waals surface area contributed by atoms with Crippen LogP contribution in [0.5, 0.6) is 0 Å². The van der Waals surface area contributed by atoms with E-state index in [4.69, 9.17) is 22.7 Å². The molecule has 3 N–H and O–H groups in total. The van der Waals surface area contributed by atoms with Gasteiger partial charge in [0.2, 0.25) is 5.91 Å². The molecule has 1 saturated heterocycles. The van der Waals surface area contributed by atoms with Crippen LogP contribution in [0.2, 0.25) is 0 Å². The van der Waals surface area contributed by atoms with Crippen LogP contribution in [0.3, 0.4) is 0 Å². The summed E-state index contributed by atoms with van der Waals surface area (Å²) in [5.74, 6) is 0.0500. The van der Waals surface area contributed by atoms with Crippen LogP contribution >= 0.6 is 24.0 Å². The third-order valence-corrected chi connectivity index (χ3v) is 5.91. The van der Waals surface area contributed by atoms with E-state index in [1.54, 1.807) is 18.9 Å². The van der Waals surface area contributed by atoms with Crippen molar-refractivity contribution in [3.8, 4) is 0 Å². The first-order valence-corrected chi connectivity index (χ1v) is 8.46. The average Bonchev–Trinajstić information content (AvgIpc) is 2.46. The first-order valence-electron chi connectivity index (χ1n) is 6.82. The Morgan fingerprint density at radius 2 is 2.15 bits per heavy atom. The molecule has 7 heteroatoms. The molecule has 116 valence electrons. The van der Waals surface area contributed by atoms with E-state index < -0.39 is 0 Å². The van der Waals surface area contributed by atoms with Gasteiger partial charge in [-0.15, -0.1) is 0 Å². The lowest BCUT2D eigenvalue weighted by molar-refractivity contribution is -0.126. The van der Waals surface area contributed by atoms with Gasteiger partial charge in [0.05, 0.1) is 22.4 Å². The smallest absolute Gasteiger partial charge is 0.237 e. The molecule has 0 spiro atoms. The highest BCUT2D eigenvalue weighted by molar-refractivity contribution is 8.02. The zero-order chi connectivity index (χ0) is 15.2. The fourth-order valence-electron chi connectivity index (χ4n) is 2.41. The number of methoxy groups -OCH3 is 1. The van der Waals surface area contributed by atoms with Gasteiger partial charge >= 0.3 is 0 Å². The number of nitrogens with zero attached hydrogens (tertiary/aromatic N) is 1. The highest BCUT2D eigenvalue weighted by Crippen LogP contribution is 2.35. The van der Waals surface area contributed by atoms with Gasteiger partial charge in [0.25, 0.3) is 0 Å². The number of ether oxygens (including phenoxy) is 1. The zero-order valence-electron chi connectivity index (χ0n) is 12.5. The maximum Gasteiger partial charge on any atom is 0.237 e. The minimum atomic E-state index is -0.127. The second kappa shape index (κ2) is 8.17. The fourth-order valence-corrected chi connectivity index (χ4v) is 3.66. The van der Waals surface area contributed by atoms with E-state index >= 15 is 0 Å². The summed E-state index contributed by atoms with van der Waals surface area (Å²) in [6, 6.07) is -0.127. The molecular weight excluding hydrogens is 294 g/mol. The second-order valence-corrected chi connectivity index (χ2v) is 6.69. The number of carbonyl (C=O) groups is 1. The quantitative estimate of drug-likeness (QED) is 0.530. The Kier molecular flexibility index (Phi) is 7.22. The summed E-state index contributed by atoms with van der Waals surface area (Å²) in [6.45, 7) is 4.72. The molecule has 0 saturated carbocycles. The first-order chi connectivity index (χ1) is 9.46. The van der Waals surface area contributed by atoms with Crippen molar-refractivity contribution in [2.45, 2.75) is 30.6 Å². The molecule has 1 heterocycles. The van der Waals surface area contributed by atoms with Gasteiger partial charge in [-0.2, -0.15) is 11.8 Å². The highest BCUT2D eigenvalue weighted by atomic mass is 32.2. The number of thiocarbonyl (C=S) groups is 1. The van der Waals surface area contributed by atoms with Crippen molar-refractivity contribution in [3.63, 3.8) is 0 Å². The molecule has 1 amide bonds. The molecule has 1 atom stereocenters. The molecule has 1 unspecified atom stereocenters. The Hall–Kier alpha value is -0.370. The van der Waals surface area contributed by atoms with E-state index in [0.717, 1.165) is 25.9 Å². The van der Waals surface area contributed by atoms with Gasteiger partial charge in [0, 0.05) is 26.7 Å². The minimum Gasteiger partial charge on any atom is -0.392 e. The van der Waals surface area contributed by atoms with Crippen molar-refractivity contribution >= 4 is 34.9 Å². The van der Waals surface area contributed by atoms with Crippen LogP contribution in [0.4, 0.5) is 0 Å². The number of nitrogens with two attached hydrogens (primary N) is 1. The van der Waals surface area contributed by atoms with Gasteiger partial charge in [-0.3, -0.25) is 9.69 Å². The maximum absolute atomic E-state index is 12.0. The molecule has 1 aliphatic rings. The lowest BCUT2D eigenvalue weighted by atomic mass is 9.94. The number of thioether (sulfide) groups is 1. The standard InChI is InChI=1S/C13H25N3O2S2/c1-10(11(17)15-6-9-18-2)16-7-4-13(20-3,5-8-16)12(14)19/h10H,4-9H2,1-3H3,(H2,14,19)(H,15,17). The third-order valence-electron chi connectivity index (χ3n) is 3.98. The monoisotopic (exact) mass is 319 g/mol. The lowest BCUT2D eigenvalue weighted by Gasteiger charge is -2.41. The molecule has 0 radical (unpaired) electrons. The van der Waals surface area contributed by atoms with Gasteiger partial charge < -0.3 is 15.8 Å². The van der Waals surface area contributed by atoms with Gasteiger partial charge in [-0.1, -0.05) is 12.2 Å². The van der Waals surface area contributed by atoms with Crippen LogP contribution in [0.25, 0.3) is 0 Å². The summed E-state index contributed by atoms with van der Waals surface area (Å²) in [5, 5.41) is 2.88. The van der Waals surface area contributed by atoms with Crippen LogP contribution in [0.1, 0.15) is 19.8 Å². The van der Waals surface area contributed by atoms with E-state index in [0.29, 0.717) is 18.1 Å². The Labute approximate surface area is 131 Å². The van der Waals surface area contributed by atoms with E-state index in [2.05, 4.69) is 16.5 Å². The molecule has 0 aromatic heterocycles. The molecule has 5 nitrogen and oxygen atoms in total. The summed E-state index contributed by atoms with van der Waals surface area (Å²) in [4.78, 5) is 14.8. The number of carbonyl (C=O) groups excluding carboxylic acids is 1. The van der Waals surface area contributed by atoms with Gasteiger partial charge in [-0.05, 0) is 26.0 Å². The molecule has 0 bridgehead atoms. The van der Waals surface area contributed by atoms with Crippen LogP contribution in [0.15, 0.2) is 0 Å². The van der Waals surface area contributed by atoms with Crippen LogP contribution in [-0.2, 0) is 9.53 Å². The molecule has 0 aromatic rings. The number of hydrogen-bond acceptors (Lipinski definition) is 5. The van der Waals surface area contributed by atoms with Crippen molar-refractivity contribution in [2.75, 3.05) is 39.6 Å². The summed E-state index contributed by atoms with van der Waals surface area (Å²) < 4.78 is 4.83. The molecule has 1 aliphatic heterocycles. The van der Waals surface area contributed by atoms with Crippen molar-refractivity contribution < 1.29 is 9.53 Å². The molecular formula is C13H25N3O2S2. The van der Waals surface area contributed by atoms with Crippen LogP contribution < -0.4 is 11.1 Å². The van der Waals surface area contributed by atoms with Gasteiger partial charge in [-0.25, -0.2) is 0 Å². The van der Waals surface area contributed by atoms with E-state index in [1.807, 2.05) is 6.92 Å². The predicted octanol–water partition coefficient (Wildman–Crippen LogP) is 0.621. The second-order valence-electron chi connectivity index (χ2n) is 5.06. The molecule has 1 rings (SSSR count). The highest BCUT2D eigenvalue weighted by Gasteiger charge is 2.38. The van der Waals surface area contributed by atoms with E-state index in [9.17, 15) is 4.79 Å². The van der Waals surface area contributed by atoms with Crippen LogP contribution in [0, 0.1) is 0 Å². The van der Waals surface area contributed by atoms with Gasteiger partial charge in [0.1, 0.15) is 0 Å². The van der Waals surface area contributed by atoms with Gasteiger partial charge in [0.15, 0.2) is 0 Å². The Bertz CT molecular complexity index is 345. The Morgan fingerprint density at radius 3 is 2.60 bits per heavy atom. The lowest BCUT2D eigenvalue weighted by Crippen LogP contribution is -2.54. The zero-order valence-corrected chi connectivity index (χ0v) is 14.1. The largest absolute Gasteiger partial charge is 0.392 e. The number of rotatable bonds is 7. The predicted molar refractivity (Wildman–Crippen MR) is 88.2 cm³/mol. The Balaban J connectivity index is 2.48. The Morgan fingerprint density at radius 1 is 1.55 bits per heavy atom. The first kappa shape index (κ1) is 17.7. The summed E-state index contributed by atoms with van der Waals surface area (Å²) in [7, 11) is 1.62. The number of piperidine rings is 1. The van der Waals surface area contributed by atoms with Crippen LogP contribution in [-0.4, -0.2) is 66.2 Å². The maximum atomic E-state index is 12.0. The molecule has 20 heavy (non-hydrogen) atoms. The number of nitrogens with one attached hydrogen (secondary N) is 1. The number of likely N-dealkylation sites (tertiary alicyclic amines) is 1. The summed E-state index contributed by atoms with van der Waals surface area (Å²) in [6.07, 6.45) is 3.86. The van der Waals surface area contributed by atoms with E-state index in [1.165, 1.54) is 0 Å². The molecule has 0 aliphatic carbocycles. The summed E-state index contributed by atoms with van der Waals surface area (Å²) in [5.41, 5.74) is 5.87. The van der Waals surface area contributed by atoms with Crippen molar-refractivity contribution in [3.05, 3.63) is 0 Å². The van der Waals surface area contributed by atoms with Crippen molar-refractivity contribution in [1.29, 1.82) is 0 Å². The topological polar surface area (TPSA) is 67.6 Å². The fraction of sp³-hybridized carbons (Fsp3) is 0.846. The third kappa shape index (κ3) is 4.31. The number of amides is 1.